The second kappa shape index (κ2) is 7.11. The van der Waals surface area contributed by atoms with Gasteiger partial charge in [0.15, 0.2) is 5.82 Å². The molecule has 1 aliphatic heterocycles. The van der Waals surface area contributed by atoms with Gasteiger partial charge in [0.1, 0.15) is 0 Å². The summed E-state index contributed by atoms with van der Waals surface area (Å²) in [6, 6.07) is 9.54. The average molecular weight is 351 g/mol. The van der Waals surface area contributed by atoms with E-state index >= 15 is 0 Å². The molecule has 3 aromatic rings. The van der Waals surface area contributed by atoms with Gasteiger partial charge in [0, 0.05) is 38.0 Å². The van der Waals surface area contributed by atoms with Crippen LogP contribution in [0.5, 0.6) is 0 Å². The summed E-state index contributed by atoms with van der Waals surface area (Å²) in [5.74, 6) is 1.84. The number of anilines is 1. The number of aryl methyl sites for hydroxylation is 1. The number of likely N-dealkylation sites (tertiary alicyclic amines) is 1. The van der Waals surface area contributed by atoms with Crippen molar-refractivity contribution in [1.82, 2.24) is 20.0 Å². The topological polar surface area (TPSA) is 84.2 Å². The fourth-order valence-corrected chi connectivity index (χ4v) is 3.43. The molecule has 0 radical (unpaired) electrons. The number of benzene rings is 1. The third-order valence-electron chi connectivity index (χ3n) is 4.83. The van der Waals surface area contributed by atoms with Crippen molar-refractivity contribution in [2.75, 3.05) is 18.4 Å². The first-order valence-electron chi connectivity index (χ1n) is 8.88. The molecule has 134 valence electrons. The van der Waals surface area contributed by atoms with Gasteiger partial charge in [0.25, 0.3) is 0 Å². The molecule has 2 amide bonds. The van der Waals surface area contributed by atoms with Gasteiger partial charge in [0.05, 0.1) is 11.2 Å². The van der Waals surface area contributed by atoms with Crippen LogP contribution in [0.4, 0.5) is 10.5 Å². The molecular formula is C19H21N5O2. The highest BCUT2D eigenvalue weighted by molar-refractivity contribution is 6.00. The lowest BCUT2D eigenvalue weighted by Crippen LogP contribution is -2.41. The van der Waals surface area contributed by atoms with E-state index in [1.807, 2.05) is 35.2 Å². The minimum Gasteiger partial charge on any atom is -0.340 e. The number of amides is 2. The number of fused-ring (bicyclic) bond motifs is 1. The van der Waals surface area contributed by atoms with E-state index in [-0.39, 0.29) is 6.03 Å². The molecule has 0 bridgehead atoms. The number of hydrogen-bond donors (Lipinski definition) is 1. The SMILES string of the molecule is Cc1nc(CC2CCN(C(=O)Nc3cccc4ncccc34)CC2)no1. The second-order valence-electron chi connectivity index (χ2n) is 6.67. The molecule has 7 nitrogen and oxygen atoms in total. The Morgan fingerprint density at radius 2 is 2.12 bits per heavy atom. The number of aromatic nitrogens is 3. The van der Waals surface area contributed by atoms with Crippen LogP contribution in [0.3, 0.4) is 0 Å². The van der Waals surface area contributed by atoms with Crippen LogP contribution in [-0.4, -0.2) is 39.1 Å². The summed E-state index contributed by atoms with van der Waals surface area (Å²) in [5.41, 5.74) is 1.67. The third kappa shape index (κ3) is 3.51. The molecule has 0 saturated carbocycles. The number of carbonyl (C=O) groups is 1. The van der Waals surface area contributed by atoms with E-state index in [0.717, 1.165) is 54.8 Å². The van der Waals surface area contributed by atoms with Crippen molar-refractivity contribution in [3.05, 3.63) is 48.2 Å². The summed E-state index contributed by atoms with van der Waals surface area (Å²) in [7, 11) is 0. The molecule has 2 aromatic heterocycles. The summed E-state index contributed by atoms with van der Waals surface area (Å²) in [5, 5.41) is 7.94. The minimum absolute atomic E-state index is 0.0600. The molecule has 3 heterocycles. The van der Waals surface area contributed by atoms with Gasteiger partial charge in [-0.25, -0.2) is 4.79 Å². The van der Waals surface area contributed by atoms with Gasteiger partial charge in [-0.15, -0.1) is 0 Å². The van der Waals surface area contributed by atoms with Crippen LogP contribution in [0.1, 0.15) is 24.6 Å². The zero-order chi connectivity index (χ0) is 17.9. The van der Waals surface area contributed by atoms with Gasteiger partial charge >= 0.3 is 6.03 Å². The van der Waals surface area contributed by atoms with Gasteiger partial charge in [0.2, 0.25) is 5.89 Å². The number of rotatable bonds is 3. The molecule has 26 heavy (non-hydrogen) atoms. The summed E-state index contributed by atoms with van der Waals surface area (Å²) < 4.78 is 5.03. The smallest absolute Gasteiger partial charge is 0.321 e. The molecule has 0 spiro atoms. The number of carbonyl (C=O) groups excluding carboxylic acids is 1. The Morgan fingerprint density at radius 1 is 1.27 bits per heavy atom. The number of pyridine rings is 1. The Morgan fingerprint density at radius 3 is 2.88 bits per heavy atom. The molecule has 0 atom stereocenters. The Bertz CT molecular complexity index is 910. The highest BCUT2D eigenvalue weighted by atomic mass is 16.5. The standard InChI is InChI=1S/C19H21N5O2/c1-13-21-18(23-26-13)12-14-7-10-24(11-8-14)19(25)22-17-6-2-5-16-15(17)4-3-9-20-16/h2-6,9,14H,7-8,10-12H2,1H3,(H,22,25). The summed E-state index contributed by atoms with van der Waals surface area (Å²) in [6.45, 7) is 3.26. The molecule has 1 aromatic carbocycles. The summed E-state index contributed by atoms with van der Waals surface area (Å²) >= 11 is 0. The Hall–Kier alpha value is -2.96. The molecule has 0 unspecified atom stereocenters. The fraction of sp³-hybridized carbons (Fsp3) is 0.368. The highest BCUT2D eigenvalue weighted by Gasteiger charge is 2.24. The van der Waals surface area contributed by atoms with Gasteiger partial charge in [-0.1, -0.05) is 11.2 Å². The third-order valence-corrected chi connectivity index (χ3v) is 4.83. The first kappa shape index (κ1) is 16.5. The fourth-order valence-electron chi connectivity index (χ4n) is 3.43. The van der Waals surface area contributed by atoms with Crippen molar-refractivity contribution >= 4 is 22.6 Å². The maximum atomic E-state index is 12.6. The largest absolute Gasteiger partial charge is 0.340 e. The monoisotopic (exact) mass is 351 g/mol. The van der Waals surface area contributed by atoms with Crippen LogP contribution in [0.15, 0.2) is 41.1 Å². The summed E-state index contributed by atoms with van der Waals surface area (Å²) in [6.07, 6.45) is 4.45. The quantitative estimate of drug-likeness (QED) is 0.782. The van der Waals surface area contributed by atoms with Crippen LogP contribution in [-0.2, 0) is 6.42 Å². The van der Waals surface area contributed by atoms with E-state index in [4.69, 9.17) is 4.52 Å². The van der Waals surface area contributed by atoms with Crippen molar-refractivity contribution in [3.63, 3.8) is 0 Å². The molecule has 1 saturated heterocycles. The predicted octanol–water partition coefficient (Wildman–Crippen LogP) is 3.41. The minimum atomic E-state index is -0.0600. The molecule has 1 aliphatic rings. The Kier molecular flexibility index (Phi) is 4.51. The van der Waals surface area contributed by atoms with Crippen molar-refractivity contribution in [2.45, 2.75) is 26.2 Å². The van der Waals surface area contributed by atoms with Crippen molar-refractivity contribution in [3.8, 4) is 0 Å². The zero-order valence-electron chi connectivity index (χ0n) is 14.7. The van der Waals surface area contributed by atoms with Crippen molar-refractivity contribution < 1.29 is 9.32 Å². The van der Waals surface area contributed by atoms with Gasteiger partial charge in [-0.05, 0) is 43.0 Å². The molecule has 4 rings (SSSR count). The molecule has 7 heteroatoms. The number of nitrogens with zero attached hydrogens (tertiary/aromatic N) is 4. The average Bonchev–Trinajstić information content (AvgIpc) is 3.07. The highest BCUT2D eigenvalue weighted by Crippen LogP contribution is 2.24. The van der Waals surface area contributed by atoms with Gasteiger partial charge < -0.3 is 14.7 Å². The van der Waals surface area contributed by atoms with E-state index in [1.165, 1.54) is 0 Å². The van der Waals surface area contributed by atoms with E-state index in [1.54, 1.807) is 13.1 Å². The number of urea groups is 1. The van der Waals surface area contributed by atoms with E-state index in [0.29, 0.717) is 11.8 Å². The van der Waals surface area contributed by atoms with Crippen LogP contribution in [0, 0.1) is 12.8 Å². The van der Waals surface area contributed by atoms with Crippen LogP contribution in [0.25, 0.3) is 10.9 Å². The van der Waals surface area contributed by atoms with Gasteiger partial charge in [-0.2, -0.15) is 4.98 Å². The molecule has 1 N–H and O–H groups in total. The lowest BCUT2D eigenvalue weighted by molar-refractivity contribution is 0.181. The first-order valence-corrected chi connectivity index (χ1v) is 8.88. The van der Waals surface area contributed by atoms with E-state index < -0.39 is 0 Å². The summed E-state index contributed by atoms with van der Waals surface area (Å²) in [4.78, 5) is 23.1. The second-order valence-corrected chi connectivity index (χ2v) is 6.67. The molecule has 0 aliphatic carbocycles. The van der Waals surface area contributed by atoms with E-state index in [9.17, 15) is 4.79 Å². The Balaban J connectivity index is 1.36. The van der Waals surface area contributed by atoms with Crippen LogP contribution >= 0.6 is 0 Å². The molecule has 1 fully saturated rings. The maximum absolute atomic E-state index is 12.6. The van der Waals surface area contributed by atoms with E-state index in [2.05, 4.69) is 20.4 Å². The van der Waals surface area contributed by atoms with Crippen molar-refractivity contribution in [1.29, 1.82) is 0 Å². The number of nitrogens with one attached hydrogen (secondary N) is 1. The lowest BCUT2D eigenvalue weighted by Gasteiger charge is -2.31. The normalized spacial score (nSPS) is 15.3. The van der Waals surface area contributed by atoms with Crippen molar-refractivity contribution in [2.24, 2.45) is 5.92 Å². The number of hydrogen-bond acceptors (Lipinski definition) is 5. The zero-order valence-corrected chi connectivity index (χ0v) is 14.7. The maximum Gasteiger partial charge on any atom is 0.321 e. The molecular weight excluding hydrogens is 330 g/mol. The number of piperidine rings is 1. The van der Waals surface area contributed by atoms with Crippen LogP contribution in [0.2, 0.25) is 0 Å². The first-order chi connectivity index (χ1) is 12.7. The Labute approximate surface area is 151 Å². The van der Waals surface area contributed by atoms with Gasteiger partial charge in [-0.3, -0.25) is 4.98 Å². The predicted molar refractivity (Wildman–Crippen MR) is 97.8 cm³/mol. The van der Waals surface area contributed by atoms with Crippen LogP contribution < -0.4 is 5.32 Å². The lowest BCUT2D eigenvalue weighted by atomic mass is 9.93.